The fourth-order valence-corrected chi connectivity index (χ4v) is 2.03. The lowest BCUT2D eigenvalue weighted by molar-refractivity contribution is 0.192. The smallest absolute Gasteiger partial charge is 0.168 e. The van der Waals surface area contributed by atoms with E-state index in [-0.39, 0.29) is 12.4 Å². The zero-order valence-electron chi connectivity index (χ0n) is 8.73. The molecule has 2 aromatic rings. The number of hydrogen-bond acceptors (Lipinski definition) is 4. The second-order valence-corrected chi connectivity index (χ2v) is 4.22. The van der Waals surface area contributed by atoms with E-state index in [1.807, 2.05) is 5.38 Å². The van der Waals surface area contributed by atoms with E-state index in [9.17, 15) is 13.9 Å². The van der Waals surface area contributed by atoms with Gasteiger partial charge in [0.25, 0.3) is 0 Å². The summed E-state index contributed by atoms with van der Waals surface area (Å²) in [5.74, 6) is -1.57. The molecule has 0 amide bonds. The van der Waals surface area contributed by atoms with E-state index in [0.29, 0.717) is 0 Å². The number of rotatable bonds is 4. The van der Waals surface area contributed by atoms with Crippen LogP contribution in [0.5, 0.6) is 0 Å². The highest BCUT2D eigenvalue weighted by Crippen LogP contribution is 2.17. The number of nitrogens with one attached hydrogen (secondary N) is 1. The summed E-state index contributed by atoms with van der Waals surface area (Å²) in [7, 11) is 0. The summed E-state index contributed by atoms with van der Waals surface area (Å²) < 4.78 is 25.8. The first kappa shape index (κ1) is 11.9. The molecule has 0 spiro atoms. The predicted molar refractivity (Wildman–Crippen MR) is 61.9 cm³/mol. The number of thiophene rings is 1. The SMILES string of the molecule is OC(CNc1ncc(F)cc1F)c1ccsc1. The van der Waals surface area contributed by atoms with Gasteiger partial charge in [0.15, 0.2) is 11.6 Å². The molecule has 90 valence electrons. The van der Waals surface area contributed by atoms with Gasteiger partial charge in [0.05, 0.1) is 12.3 Å². The summed E-state index contributed by atoms with van der Waals surface area (Å²) in [4.78, 5) is 3.56. The van der Waals surface area contributed by atoms with Crippen LogP contribution in [-0.4, -0.2) is 16.6 Å². The minimum Gasteiger partial charge on any atom is -0.387 e. The van der Waals surface area contributed by atoms with Crippen molar-refractivity contribution in [3.05, 3.63) is 46.3 Å². The molecule has 6 heteroatoms. The number of aromatic nitrogens is 1. The van der Waals surface area contributed by atoms with Gasteiger partial charge in [0, 0.05) is 12.6 Å². The summed E-state index contributed by atoms with van der Waals surface area (Å²) in [6.07, 6.45) is 0.176. The van der Waals surface area contributed by atoms with Crippen LogP contribution in [0.1, 0.15) is 11.7 Å². The average molecular weight is 256 g/mol. The Morgan fingerprint density at radius 3 is 2.94 bits per heavy atom. The fourth-order valence-electron chi connectivity index (χ4n) is 1.32. The van der Waals surface area contributed by atoms with Crippen molar-refractivity contribution in [2.45, 2.75) is 6.10 Å². The molecule has 2 heterocycles. The molecule has 2 N–H and O–H groups in total. The molecule has 2 rings (SSSR count). The number of aliphatic hydroxyl groups is 1. The molecular weight excluding hydrogens is 246 g/mol. The number of hydrogen-bond donors (Lipinski definition) is 2. The molecule has 0 aromatic carbocycles. The summed E-state index contributed by atoms with van der Waals surface area (Å²) in [5, 5.41) is 16.0. The Morgan fingerprint density at radius 2 is 2.29 bits per heavy atom. The minimum atomic E-state index is -0.775. The van der Waals surface area contributed by atoms with Crippen molar-refractivity contribution in [3.63, 3.8) is 0 Å². The highest BCUT2D eigenvalue weighted by molar-refractivity contribution is 7.07. The maximum atomic E-state index is 13.2. The lowest BCUT2D eigenvalue weighted by Gasteiger charge is -2.11. The van der Waals surface area contributed by atoms with Crippen LogP contribution in [0.4, 0.5) is 14.6 Å². The number of aliphatic hydroxyl groups excluding tert-OH is 1. The van der Waals surface area contributed by atoms with Gasteiger partial charge in [-0.3, -0.25) is 0 Å². The van der Waals surface area contributed by atoms with Crippen molar-refractivity contribution in [1.29, 1.82) is 0 Å². The van der Waals surface area contributed by atoms with Gasteiger partial charge < -0.3 is 10.4 Å². The van der Waals surface area contributed by atoms with Gasteiger partial charge in [-0.1, -0.05) is 0 Å². The highest BCUT2D eigenvalue weighted by atomic mass is 32.1. The quantitative estimate of drug-likeness (QED) is 0.883. The molecule has 0 aliphatic carbocycles. The molecule has 17 heavy (non-hydrogen) atoms. The summed E-state index contributed by atoms with van der Waals surface area (Å²) in [5.41, 5.74) is 0.755. The molecule has 2 aromatic heterocycles. The molecule has 1 atom stereocenters. The lowest BCUT2D eigenvalue weighted by atomic mass is 10.2. The van der Waals surface area contributed by atoms with Gasteiger partial charge >= 0.3 is 0 Å². The molecule has 0 saturated heterocycles. The van der Waals surface area contributed by atoms with E-state index in [1.165, 1.54) is 11.3 Å². The van der Waals surface area contributed by atoms with E-state index in [0.717, 1.165) is 17.8 Å². The van der Waals surface area contributed by atoms with Gasteiger partial charge in [-0.05, 0) is 22.4 Å². The Morgan fingerprint density at radius 1 is 1.47 bits per heavy atom. The van der Waals surface area contributed by atoms with Crippen molar-refractivity contribution in [2.24, 2.45) is 0 Å². The Kier molecular flexibility index (Phi) is 3.65. The first-order chi connectivity index (χ1) is 8.16. The molecule has 0 radical (unpaired) electrons. The maximum absolute atomic E-state index is 13.2. The summed E-state index contributed by atoms with van der Waals surface area (Å²) >= 11 is 1.47. The molecular formula is C11H10F2N2OS. The maximum Gasteiger partial charge on any atom is 0.168 e. The third-order valence-electron chi connectivity index (χ3n) is 2.20. The fraction of sp³-hybridized carbons (Fsp3) is 0.182. The largest absolute Gasteiger partial charge is 0.387 e. The summed E-state index contributed by atoms with van der Waals surface area (Å²) in [6.45, 7) is 0.117. The first-order valence-corrected chi connectivity index (χ1v) is 5.86. The third kappa shape index (κ3) is 2.98. The van der Waals surface area contributed by atoms with E-state index in [4.69, 9.17) is 0 Å². The number of anilines is 1. The third-order valence-corrected chi connectivity index (χ3v) is 2.90. The molecule has 0 aliphatic rings. The zero-order chi connectivity index (χ0) is 12.3. The van der Waals surface area contributed by atoms with Crippen LogP contribution < -0.4 is 5.32 Å². The Balaban J connectivity index is 1.98. The van der Waals surface area contributed by atoms with E-state index >= 15 is 0 Å². The van der Waals surface area contributed by atoms with E-state index in [1.54, 1.807) is 11.4 Å². The van der Waals surface area contributed by atoms with Gasteiger partial charge in [-0.25, -0.2) is 13.8 Å². The van der Waals surface area contributed by atoms with Crippen molar-refractivity contribution in [3.8, 4) is 0 Å². The number of halogens is 2. The van der Waals surface area contributed by atoms with Crippen LogP contribution in [0.15, 0.2) is 29.1 Å². The molecule has 0 aliphatic heterocycles. The first-order valence-electron chi connectivity index (χ1n) is 4.92. The van der Waals surface area contributed by atoms with Gasteiger partial charge in [0.2, 0.25) is 0 Å². The monoisotopic (exact) mass is 256 g/mol. The lowest BCUT2D eigenvalue weighted by Crippen LogP contribution is -2.13. The number of pyridine rings is 1. The van der Waals surface area contributed by atoms with Gasteiger partial charge in [0.1, 0.15) is 5.82 Å². The Bertz CT molecular complexity index is 490. The predicted octanol–water partition coefficient (Wildman–Crippen LogP) is 2.57. The molecule has 1 unspecified atom stereocenters. The Labute approximate surface area is 101 Å². The van der Waals surface area contributed by atoms with Crippen molar-refractivity contribution < 1.29 is 13.9 Å². The Hall–Kier alpha value is -1.53. The highest BCUT2D eigenvalue weighted by Gasteiger charge is 2.10. The van der Waals surface area contributed by atoms with E-state index < -0.39 is 17.7 Å². The van der Waals surface area contributed by atoms with Crippen molar-refractivity contribution in [1.82, 2.24) is 4.98 Å². The molecule has 0 fully saturated rings. The van der Waals surface area contributed by atoms with Crippen molar-refractivity contribution in [2.75, 3.05) is 11.9 Å². The van der Waals surface area contributed by atoms with Crippen LogP contribution in [0, 0.1) is 11.6 Å². The zero-order valence-corrected chi connectivity index (χ0v) is 9.55. The second-order valence-electron chi connectivity index (χ2n) is 3.44. The summed E-state index contributed by atoms with van der Waals surface area (Å²) in [6, 6.07) is 2.53. The second kappa shape index (κ2) is 5.20. The van der Waals surface area contributed by atoms with E-state index in [2.05, 4.69) is 10.3 Å². The molecule has 0 saturated carbocycles. The molecule has 3 nitrogen and oxygen atoms in total. The van der Waals surface area contributed by atoms with Gasteiger partial charge in [-0.2, -0.15) is 11.3 Å². The van der Waals surface area contributed by atoms with Gasteiger partial charge in [-0.15, -0.1) is 0 Å². The topological polar surface area (TPSA) is 45.1 Å². The van der Waals surface area contributed by atoms with Crippen LogP contribution >= 0.6 is 11.3 Å². The van der Waals surface area contributed by atoms with Crippen LogP contribution in [0.3, 0.4) is 0 Å². The van der Waals surface area contributed by atoms with Crippen LogP contribution in [0.25, 0.3) is 0 Å². The molecule has 0 bridgehead atoms. The average Bonchev–Trinajstić information content (AvgIpc) is 2.81. The van der Waals surface area contributed by atoms with Crippen LogP contribution in [0.2, 0.25) is 0 Å². The normalized spacial score (nSPS) is 12.4. The standard InChI is InChI=1S/C11H10F2N2OS/c12-8-3-9(13)11(14-4-8)15-5-10(16)7-1-2-17-6-7/h1-4,6,10,16H,5H2,(H,14,15). The minimum absolute atomic E-state index is 0.0688. The number of nitrogens with zero attached hydrogens (tertiary/aromatic N) is 1. The van der Waals surface area contributed by atoms with Crippen LogP contribution in [-0.2, 0) is 0 Å². The van der Waals surface area contributed by atoms with Crippen molar-refractivity contribution >= 4 is 17.2 Å².